The van der Waals surface area contributed by atoms with Crippen LogP contribution in [0.15, 0.2) is 29.2 Å². The number of nitrogen functional groups attached to an aromatic ring is 1. The molecule has 14 heteroatoms. The topological polar surface area (TPSA) is 112 Å². The average Bonchev–Trinajstić information content (AvgIpc) is 3.24. The van der Waals surface area contributed by atoms with Crippen LogP contribution in [-0.2, 0) is 27.7 Å². The van der Waals surface area contributed by atoms with Crippen LogP contribution in [-0.4, -0.2) is 43.2 Å². The van der Waals surface area contributed by atoms with E-state index in [1.807, 2.05) is 33.6 Å². The maximum atomic E-state index is 13.9. The fourth-order valence-electron chi connectivity index (χ4n) is 4.02. The van der Waals surface area contributed by atoms with Crippen molar-refractivity contribution in [2.45, 2.75) is 30.7 Å². The molecule has 0 radical (unpaired) electrons. The third-order valence-electron chi connectivity index (χ3n) is 5.76. The summed E-state index contributed by atoms with van der Waals surface area (Å²) in [5, 5.41) is 0.815. The Kier molecular flexibility index (Phi) is 7.62. The molecule has 0 aliphatic heterocycles. The Labute approximate surface area is 208 Å². The van der Waals surface area contributed by atoms with Crippen molar-refractivity contribution in [1.82, 2.24) is 19.3 Å². The molecule has 0 amide bonds. The Morgan fingerprint density at radius 1 is 0.973 bits per heavy atom. The van der Waals surface area contributed by atoms with E-state index in [-0.39, 0.29) is 18.8 Å². The Morgan fingerprint density at radius 2 is 1.62 bits per heavy atom. The molecule has 0 saturated carbocycles. The number of nitrogens with one attached hydrogen (secondary N) is 1. The first-order valence-corrected chi connectivity index (χ1v) is 12.6. The van der Waals surface area contributed by atoms with Crippen LogP contribution >= 0.6 is 0 Å². The van der Waals surface area contributed by atoms with Crippen molar-refractivity contribution in [2.24, 2.45) is 0 Å². The summed E-state index contributed by atoms with van der Waals surface area (Å²) >= 11 is 0. The number of anilines is 1. The standard InChI is InChI=1S/C23H22F5N5O3S/c1-36-11-8-14-32-20-21(12-6-2-3-7-13(12)31-23(20)29)33(14)10-5-4-9-30-37(34,35)22-18(27)16(25)15(24)17(26)19(22)28/h2-3,6-7,30H,4-5,8-11H2,1H3,(H2,29,31). The van der Waals surface area contributed by atoms with E-state index in [0.29, 0.717) is 42.9 Å². The molecular formula is C23H22F5N5O3S. The molecule has 0 aliphatic carbocycles. The van der Waals surface area contributed by atoms with E-state index in [9.17, 15) is 30.4 Å². The molecule has 0 unspecified atom stereocenters. The highest BCUT2D eigenvalue weighted by Gasteiger charge is 2.33. The number of hydrogen-bond acceptors (Lipinski definition) is 6. The second kappa shape index (κ2) is 10.6. The minimum atomic E-state index is -5.01. The number of aryl methyl sites for hydroxylation is 1. The maximum Gasteiger partial charge on any atom is 0.246 e. The molecule has 0 bridgehead atoms. The van der Waals surface area contributed by atoms with Gasteiger partial charge in [-0.15, -0.1) is 0 Å². The lowest BCUT2D eigenvalue weighted by molar-refractivity contribution is 0.199. The van der Waals surface area contributed by atoms with Crippen LogP contribution < -0.4 is 10.5 Å². The summed E-state index contributed by atoms with van der Waals surface area (Å²) in [5.74, 6) is -11.0. The largest absolute Gasteiger partial charge is 0.384 e. The zero-order chi connectivity index (χ0) is 26.9. The molecule has 0 saturated heterocycles. The predicted molar refractivity (Wildman–Crippen MR) is 126 cm³/mol. The van der Waals surface area contributed by atoms with Crippen LogP contribution in [0.1, 0.15) is 18.7 Å². The number of imidazole rings is 1. The van der Waals surface area contributed by atoms with Crippen LogP contribution in [0.25, 0.3) is 21.9 Å². The van der Waals surface area contributed by atoms with Crippen molar-refractivity contribution < 1.29 is 35.1 Å². The smallest absolute Gasteiger partial charge is 0.246 e. The van der Waals surface area contributed by atoms with E-state index < -0.39 is 44.0 Å². The van der Waals surface area contributed by atoms with Gasteiger partial charge in [0.05, 0.1) is 17.6 Å². The summed E-state index contributed by atoms with van der Waals surface area (Å²) in [5.41, 5.74) is 8.06. The molecule has 4 rings (SSSR count). The highest BCUT2D eigenvalue weighted by atomic mass is 32.2. The van der Waals surface area contributed by atoms with Gasteiger partial charge in [0.1, 0.15) is 11.3 Å². The van der Waals surface area contributed by atoms with Gasteiger partial charge in [-0.05, 0) is 18.9 Å². The summed E-state index contributed by atoms with van der Waals surface area (Å²) in [4.78, 5) is 7.10. The number of pyridine rings is 1. The van der Waals surface area contributed by atoms with Gasteiger partial charge in [0.2, 0.25) is 15.8 Å². The third kappa shape index (κ3) is 4.95. The van der Waals surface area contributed by atoms with E-state index in [1.165, 1.54) is 0 Å². The van der Waals surface area contributed by atoms with E-state index in [2.05, 4.69) is 9.97 Å². The van der Waals surface area contributed by atoms with Crippen LogP contribution in [0.4, 0.5) is 27.8 Å². The highest BCUT2D eigenvalue weighted by molar-refractivity contribution is 7.89. The number of unbranched alkanes of at least 4 members (excludes halogenated alkanes) is 1. The van der Waals surface area contributed by atoms with Crippen LogP contribution in [0.3, 0.4) is 0 Å². The molecule has 0 spiro atoms. The number of para-hydroxylation sites is 1. The second-order valence-corrected chi connectivity index (χ2v) is 9.84. The number of ether oxygens (including phenoxy) is 1. The van der Waals surface area contributed by atoms with Crippen molar-refractivity contribution in [3.8, 4) is 0 Å². The Bertz CT molecular complexity index is 1560. The summed E-state index contributed by atoms with van der Waals surface area (Å²) < 4.78 is 102. The van der Waals surface area contributed by atoms with Crippen molar-refractivity contribution in [3.05, 3.63) is 59.2 Å². The van der Waals surface area contributed by atoms with Crippen LogP contribution in [0.2, 0.25) is 0 Å². The van der Waals surface area contributed by atoms with Gasteiger partial charge < -0.3 is 15.0 Å². The van der Waals surface area contributed by atoms with Gasteiger partial charge >= 0.3 is 0 Å². The fourth-order valence-corrected chi connectivity index (χ4v) is 5.23. The number of nitrogens with two attached hydrogens (primary N) is 1. The number of fused-ring (bicyclic) bond motifs is 3. The number of methoxy groups -OCH3 is 1. The van der Waals surface area contributed by atoms with Gasteiger partial charge in [0.25, 0.3) is 0 Å². The summed E-state index contributed by atoms with van der Waals surface area (Å²) in [6, 6.07) is 7.36. The molecule has 8 nitrogen and oxygen atoms in total. The number of hydrogen-bond donors (Lipinski definition) is 2. The lowest BCUT2D eigenvalue weighted by Gasteiger charge is -2.12. The first kappa shape index (κ1) is 26.7. The van der Waals surface area contributed by atoms with Crippen molar-refractivity contribution in [1.29, 1.82) is 0 Å². The molecule has 0 fully saturated rings. The molecule has 4 aromatic rings. The zero-order valence-corrected chi connectivity index (χ0v) is 20.3. The zero-order valence-electron chi connectivity index (χ0n) is 19.5. The van der Waals surface area contributed by atoms with Crippen molar-refractivity contribution >= 4 is 37.8 Å². The number of benzene rings is 2. The third-order valence-corrected chi connectivity index (χ3v) is 7.24. The number of aromatic nitrogens is 3. The quantitative estimate of drug-likeness (QED) is 0.136. The van der Waals surface area contributed by atoms with Crippen LogP contribution in [0.5, 0.6) is 0 Å². The van der Waals surface area contributed by atoms with Crippen molar-refractivity contribution in [3.63, 3.8) is 0 Å². The summed E-state index contributed by atoms with van der Waals surface area (Å²) in [7, 11) is -3.46. The van der Waals surface area contributed by atoms with Gasteiger partial charge in [0, 0.05) is 32.0 Å². The van der Waals surface area contributed by atoms with E-state index in [0.717, 1.165) is 10.9 Å². The molecule has 198 valence electrons. The summed E-state index contributed by atoms with van der Waals surface area (Å²) in [6.45, 7) is 0.440. The molecular weight excluding hydrogens is 521 g/mol. The lowest BCUT2D eigenvalue weighted by atomic mass is 10.2. The molecule has 2 heterocycles. The minimum Gasteiger partial charge on any atom is -0.384 e. The molecule has 3 N–H and O–H groups in total. The highest BCUT2D eigenvalue weighted by Crippen LogP contribution is 2.30. The SMILES string of the molecule is COCCc1nc2c(N)nc3ccccc3c2n1CCCCNS(=O)(=O)c1c(F)c(F)c(F)c(F)c1F. The Hall–Kier alpha value is -3.36. The van der Waals surface area contributed by atoms with Gasteiger partial charge in [-0.1, -0.05) is 18.2 Å². The minimum absolute atomic E-state index is 0.177. The van der Waals surface area contributed by atoms with Gasteiger partial charge in [-0.25, -0.2) is 45.1 Å². The molecule has 2 aromatic heterocycles. The Morgan fingerprint density at radius 3 is 2.30 bits per heavy atom. The van der Waals surface area contributed by atoms with Gasteiger partial charge in [0.15, 0.2) is 34.0 Å². The van der Waals surface area contributed by atoms with E-state index in [1.54, 1.807) is 7.11 Å². The number of halogens is 5. The van der Waals surface area contributed by atoms with Crippen molar-refractivity contribution in [2.75, 3.05) is 26.0 Å². The van der Waals surface area contributed by atoms with E-state index in [4.69, 9.17) is 10.5 Å². The number of nitrogens with zero attached hydrogens (tertiary/aromatic N) is 3. The van der Waals surface area contributed by atoms with Gasteiger partial charge in [-0.3, -0.25) is 0 Å². The lowest BCUT2D eigenvalue weighted by Crippen LogP contribution is -2.28. The van der Waals surface area contributed by atoms with Gasteiger partial charge in [-0.2, -0.15) is 0 Å². The molecule has 0 atom stereocenters. The predicted octanol–water partition coefficient (Wildman–Crippen LogP) is 3.81. The molecule has 37 heavy (non-hydrogen) atoms. The fraction of sp³-hybridized carbons (Fsp3) is 0.304. The summed E-state index contributed by atoms with van der Waals surface area (Å²) in [6.07, 6.45) is 1.02. The van der Waals surface area contributed by atoms with Crippen LogP contribution in [0, 0.1) is 29.1 Å². The molecule has 0 aliphatic rings. The second-order valence-electron chi connectivity index (χ2n) is 8.14. The van der Waals surface area contributed by atoms with E-state index >= 15 is 0 Å². The monoisotopic (exact) mass is 543 g/mol. The normalized spacial score (nSPS) is 12.2. The first-order valence-electron chi connectivity index (χ1n) is 11.1. The Balaban J connectivity index is 1.54. The average molecular weight is 544 g/mol. The first-order chi connectivity index (χ1) is 17.6. The number of rotatable bonds is 10. The molecule has 2 aromatic carbocycles. The number of sulfonamides is 1. The maximum absolute atomic E-state index is 13.9.